The van der Waals surface area contributed by atoms with Gasteiger partial charge in [-0.05, 0) is 64.0 Å². The third-order valence-corrected chi connectivity index (χ3v) is 5.17. The molecule has 2 aliphatic carbocycles. The van der Waals surface area contributed by atoms with Crippen LogP contribution in [-0.2, 0) is 16.0 Å². The number of rotatable bonds is 6. The summed E-state index contributed by atoms with van der Waals surface area (Å²) in [5.41, 5.74) is -0.170. The summed E-state index contributed by atoms with van der Waals surface area (Å²) in [7, 11) is 1.26. The standard InChI is InChI=1S/C21H30N2O5/c1-21(2,3)28-20(26)22(11-14-6-5-7-14)12-15-10-17(19(25)27-4)18(24)23(13-15)16-8-9-16/h10,13-14,16H,5-9,11-12H2,1-4H3. The van der Waals surface area contributed by atoms with Gasteiger partial charge >= 0.3 is 12.1 Å². The van der Waals surface area contributed by atoms with Crippen molar-refractivity contribution in [3.63, 3.8) is 0 Å². The molecule has 0 aromatic carbocycles. The van der Waals surface area contributed by atoms with Crippen molar-refractivity contribution in [1.29, 1.82) is 0 Å². The van der Waals surface area contributed by atoms with E-state index in [0.29, 0.717) is 19.0 Å². The molecular formula is C21H30N2O5. The monoisotopic (exact) mass is 390 g/mol. The van der Waals surface area contributed by atoms with Gasteiger partial charge in [-0.1, -0.05) is 6.42 Å². The molecule has 0 bridgehead atoms. The number of nitrogens with zero attached hydrogens (tertiary/aromatic N) is 2. The van der Waals surface area contributed by atoms with E-state index in [1.54, 1.807) is 21.7 Å². The van der Waals surface area contributed by atoms with Gasteiger partial charge < -0.3 is 18.9 Å². The molecule has 0 unspecified atom stereocenters. The maximum atomic E-state index is 12.8. The van der Waals surface area contributed by atoms with Gasteiger partial charge in [-0.3, -0.25) is 4.79 Å². The number of methoxy groups -OCH3 is 1. The lowest BCUT2D eigenvalue weighted by molar-refractivity contribution is 0.0172. The first-order valence-electron chi connectivity index (χ1n) is 9.99. The van der Waals surface area contributed by atoms with Crippen LogP contribution in [0.3, 0.4) is 0 Å². The van der Waals surface area contributed by atoms with Crippen molar-refractivity contribution < 1.29 is 19.1 Å². The third kappa shape index (κ3) is 4.94. The molecule has 154 valence electrons. The molecule has 0 saturated heterocycles. The first kappa shape index (κ1) is 20.4. The summed E-state index contributed by atoms with van der Waals surface area (Å²) in [5, 5.41) is 0. The van der Waals surface area contributed by atoms with Crippen molar-refractivity contribution >= 4 is 12.1 Å². The van der Waals surface area contributed by atoms with Crippen LogP contribution in [-0.4, -0.2) is 40.8 Å². The SMILES string of the molecule is COC(=O)c1cc(CN(CC2CCC2)C(=O)OC(C)(C)C)cn(C2CC2)c1=O. The Balaban J connectivity index is 1.88. The average molecular weight is 390 g/mol. The Bertz CT molecular complexity index is 800. The number of aromatic nitrogens is 1. The molecule has 28 heavy (non-hydrogen) atoms. The zero-order valence-corrected chi connectivity index (χ0v) is 17.2. The Morgan fingerprint density at radius 2 is 1.89 bits per heavy atom. The number of carbonyl (C=O) groups is 2. The quantitative estimate of drug-likeness (QED) is 0.695. The molecule has 2 saturated carbocycles. The topological polar surface area (TPSA) is 77.8 Å². The summed E-state index contributed by atoms with van der Waals surface area (Å²) in [6.07, 6.45) is 6.63. The van der Waals surface area contributed by atoms with E-state index >= 15 is 0 Å². The number of hydrogen-bond acceptors (Lipinski definition) is 5. The summed E-state index contributed by atoms with van der Waals surface area (Å²) in [5.74, 6) is -0.175. The molecule has 2 aliphatic rings. The average Bonchev–Trinajstić information content (AvgIpc) is 3.40. The van der Waals surface area contributed by atoms with Gasteiger partial charge in [-0.25, -0.2) is 9.59 Å². The summed E-state index contributed by atoms with van der Waals surface area (Å²) in [6.45, 7) is 6.44. The van der Waals surface area contributed by atoms with E-state index in [4.69, 9.17) is 9.47 Å². The summed E-state index contributed by atoms with van der Waals surface area (Å²) in [4.78, 5) is 39.1. The van der Waals surface area contributed by atoms with Crippen LogP contribution in [0.2, 0.25) is 0 Å². The molecular weight excluding hydrogens is 360 g/mol. The van der Waals surface area contributed by atoms with Crippen LogP contribution in [0, 0.1) is 5.92 Å². The summed E-state index contributed by atoms with van der Waals surface area (Å²) >= 11 is 0. The van der Waals surface area contributed by atoms with Crippen molar-refractivity contribution in [2.45, 2.75) is 71.1 Å². The minimum Gasteiger partial charge on any atom is -0.465 e. The molecule has 1 amide bonds. The van der Waals surface area contributed by atoms with Crippen molar-refractivity contribution in [3.05, 3.63) is 33.7 Å². The molecule has 0 radical (unpaired) electrons. The van der Waals surface area contributed by atoms with Gasteiger partial charge in [0.25, 0.3) is 5.56 Å². The molecule has 0 N–H and O–H groups in total. The van der Waals surface area contributed by atoms with E-state index in [0.717, 1.165) is 31.2 Å². The van der Waals surface area contributed by atoms with Crippen molar-refractivity contribution in [3.8, 4) is 0 Å². The maximum absolute atomic E-state index is 12.8. The fourth-order valence-corrected chi connectivity index (χ4v) is 3.36. The number of pyridine rings is 1. The highest BCUT2D eigenvalue weighted by molar-refractivity contribution is 5.89. The number of amides is 1. The van der Waals surface area contributed by atoms with E-state index in [-0.39, 0.29) is 23.3 Å². The largest absolute Gasteiger partial charge is 0.465 e. The minimum atomic E-state index is -0.649. The van der Waals surface area contributed by atoms with E-state index in [1.165, 1.54) is 13.5 Å². The molecule has 7 heteroatoms. The lowest BCUT2D eigenvalue weighted by Gasteiger charge is -2.33. The van der Waals surface area contributed by atoms with Gasteiger partial charge in [-0.2, -0.15) is 0 Å². The van der Waals surface area contributed by atoms with E-state index < -0.39 is 11.6 Å². The summed E-state index contributed by atoms with van der Waals surface area (Å²) < 4.78 is 12.0. The lowest BCUT2D eigenvalue weighted by Crippen LogP contribution is -2.40. The second-order valence-electron chi connectivity index (χ2n) is 8.85. The van der Waals surface area contributed by atoms with E-state index in [2.05, 4.69) is 0 Å². The first-order valence-corrected chi connectivity index (χ1v) is 9.99. The normalized spacial score (nSPS) is 17.0. The van der Waals surface area contributed by atoms with Crippen LogP contribution in [0.15, 0.2) is 17.1 Å². The summed E-state index contributed by atoms with van der Waals surface area (Å²) in [6, 6.07) is 1.67. The van der Waals surface area contributed by atoms with Crippen molar-refractivity contribution in [2.75, 3.05) is 13.7 Å². The van der Waals surface area contributed by atoms with Gasteiger partial charge in [0.2, 0.25) is 0 Å². The molecule has 0 atom stereocenters. The fraction of sp³-hybridized carbons (Fsp3) is 0.667. The highest BCUT2D eigenvalue weighted by Crippen LogP contribution is 2.34. The number of carbonyl (C=O) groups excluding carboxylic acids is 2. The highest BCUT2D eigenvalue weighted by Gasteiger charge is 2.30. The third-order valence-electron chi connectivity index (χ3n) is 5.17. The molecule has 3 rings (SSSR count). The predicted molar refractivity (Wildman–Crippen MR) is 104 cm³/mol. The Hall–Kier alpha value is -2.31. The smallest absolute Gasteiger partial charge is 0.410 e. The molecule has 0 aliphatic heterocycles. The molecule has 1 heterocycles. The van der Waals surface area contributed by atoms with Crippen molar-refractivity contribution in [2.24, 2.45) is 5.92 Å². The molecule has 7 nitrogen and oxygen atoms in total. The second-order valence-corrected chi connectivity index (χ2v) is 8.85. The zero-order chi connectivity index (χ0) is 20.5. The van der Waals surface area contributed by atoms with Gasteiger partial charge in [0, 0.05) is 18.8 Å². The number of esters is 1. The Labute approximate surface area is 165 Å². The minimum absolute atomic E-state index is 0.0136. The van der Waals surface area contributed by atoms with Crippen LogP contribution in [0.4, 0.5) is 4.79 Å². The second kappa shape index (κ2) is 7.97. The van der Waals surface area contributed by atoms with Crippen LogP contribution in [0.1, 0.15) is 74.8 Å². The van der Waals surface area contributed by atoms with Crippen LogP contribution >= 0.6 is 0 Å². The van der Waals surface area contributed by atoms with Crippen LogP contribution in [0.5, 0.6) is 0 Å². The molecule has 2 fully saturated rings. The van der Waals surface area contributed by atoms with Gasteiger partial charge in [0.15, 0.2) is 0 Å². The molecule has 0 spiro atoms. The van der Waals surface area contributed by atoms with Gasteiger partial charge in [0.05, 0.1) is 13.7 Å². The van der Waals surface area contributed by atoms with Gasteiger partial charge in [0.1, 0.15) is 11.2 Å². The highest BCUT2D eigenvalue weighted by atomic mass is 16.6. The predicted octanol–water partition coefficient (Wildman–Crippen LogP) is 3.51. The van der Waals surface area contributed by atoms with E-state index in [1.807, 2.05) is 20.8 Å². The Kier molecular flexibility index (Phi) is 5.82. The molecule has 1 aromatic rings. The lowest BCUT2D eigenvalue weighted by atomic mass is 9.85. The zero-order valence-electron chi connectivity index (χ0n) is 17.2. The fourth-order valence-electron chi connectivity index (χ4n) is 3.36. The maximum Gasteiger partial charge on any atom is 0.410 e. The molecule has 1 aromatic heterocycles. The Morgan fingerprint density at radius 3 is 2.39 bits per heavy atom. The number of ether oxygens (including phenoxy) is 2. The van der Waals surface area contributed by atoms with Crippen molar-refractivity contribution in [1.82, 2.24) is 9.47 Å². The number of hydrogen-bond donors (Lipinski definition) is 0. The van der Waals surface area contributed by atoms with Gasteiger partial charge in [-0.15, -0.1) is 0 Å². The van der Waals surface area contributed by atoms with E-state index in [9.17, 15) is 14.4 Å². The van der Waals surface area contributed by atoms with Crippen LogP contribution < -0.4 is 5.56 Å². The van der Waals surface area contributed by atoms with Crippen LogP contribution in [0.25, 0.3) is 0 Å². The Morgan fingerprint density at radius 1 is 1.21 bits per heavy atom. The first-order chi connectivity index (χ1) is 13.2.